The van der Waals surface area contributed by atoms with Crippen LogP contribution in [0.25, 0.3) is 11.1 Å². The van der Waals surface area contributed by atoms with Crippen LogP contribution in [0.1, 0.15) is 131 Å². The first kappa shape index (κ1) is 32.1. The number of unbranched alkanes of at least 4 members (excludes halogenated alkanes) is 12. The Kier molecular flexibility index (Phi) is 15.6. The highest BCUT2D eigenvalue weighted by atomic mass is 16.5. The second-order valence-electron chi connectivity index (χ2n) is 10.2. The first-order chi connectivity index (χ1) is 19.0. The summed E-state index contributed by atoms with van der Waals surface area (Å²) in [6.07, 6.45) is 16.2. The number of ether oxygens (including phenoxy) is 2. The van der Waals surface area contributed by atoms with E-state index >= 15 is 0 Å². The molecule has 0 aliphatic heterocycles. The molecule has 0 aliphatic rings. The first-order valence-electron chi connectivity index (χ1n) is 14.8. The van der Waals surface area contributed by atoms with Gasteiger partial charge >= 0.3 is 17.9 Å². The SMILES string of the molecule is CCCCCCCCCOC(=O)c1ccc(-c2cc(OC(=O)CCCCCCCCC)ccc2C(=O)O)cc1. The summed E-state index contributed by atoms with van der Waals surface area (Å²) in [5.41, 5.74) is 1.54. The largest absolute Gasteiger partial charge is 0.478 e. The molecule has 1 N–H and O–H groups in total. The molecule has 0 bridgehead atoms. The van der Waals surface area contributed by atoms with Crippen molar-refractivity contribution in [3.05, 3.63) is 53.6 Å². The monoisotopic (exact) mass is 538 g/mol. The second-order valence-corrected chi connectivity index (χ2v) is 10.2. The highest BCUT2D eigenvalue weighted by Gasteiger charge is 2.16. The van der Waals surface area contributed by atoms with E-state index in [2.05, 4.69) is 13.8 Å². The zero-order valence-corrected chi connectivity index (χ0v) is 23.8. The van der Waals surface area contributed by atoms with Crippen molar-refractivity contribution < 1.29 is 29.0 Å². The van der Waals surface area contributed by atoms with Crippen LogP contribution in [-0.2, 0) is 9.53 Å². The minimum Gasteiger partial charge on any atom is -0.478 e. The Hall–Kier alpha value is -3.15. The normalized spacial score (nSPS) is 10.8. The number of carboxylic acids is 1. The summed E-state index contributed by atoms with van der Waals surface area (Å²) >= 11 is 0. The Balaban J connectivity index is 1.90. The molecule has 0 aliphatic carbocycles. The lowest BCUT2D eigenvalue weighted by Gasteiger charge is -2.11. The third-order valence-corrected chi connectivity index (χ3v) is 6.85. The quantitative estimate of drug-likeness (QED) is 0.103. The van der Waals surface area contributed by atoms with E-state index in [-0.39, 0.29) is 17.5 Å². The van der Waals surface area contributed by atoms with Crippen LogP contribution in [0.5, 0.6) is 5.75 Å². The van der Waals surface area contributed by atoms with Crippen molar-refractivity contribution in [2.24, 2.45) is 0 Å². The van der Waals surface area contributed by atoms with Crippen LogP contribution in [0, 0.1) is 0 Å². The van der Waals surface area contributed by atoms with Gasteiger partial charge in [0.25, 0.3) is 0 Å². The number of carbonyl (C=O) groups excluding carboxylic acids is 2. The Morgan fingerprint density at radius 3 is 1.85 bits per heavy atom. The number of hydrogen-bond acceptors (Lipinski definition) is 5. The van der Waals surface area contributed by atoms with Gasteiger partial charge in [-0.2, -0.15) is 0 Å². The molecule has 0 heterocycles. The van der Waals surface area contributed by atoms with Crippen LogP contribution in [0.2, 0.25) is 0 Å². The maximum atomic E-state index is 12.4. The van der Waals surface area contributed by atoms with Gasteiger partial charge in [0.05, 0.1) is 17.7 Å². The van der Waals surface area contributed by atoms with Crippen LogP contribution in [0.3, 0.4) is 0 Å². The summed E-state index contributed by atoms with van der Waals surface area (Å²) in [6, 6.07) is 11.2. The van der Waals surface area contributed by atoms with Crippen LogP contribution < -0.4 is 4.74 Å². The summed E-state index contributed by atoms with van der Waals surface area (Å²) in [6.45, 7) is 4.78. The van der Waals surface area contributed by atoms with Crippen molar-refractivity contribution in [1.29, 1.82) is 0 Å². The van der Waals surface area contributed by atoms with Crippen molar-refractivity contribution in [2.75, 3.05) is 6.61 Å². The minimum absolute atomic E-state index is 0.0936. The number of carbonyl (C=O) groups is 3. The lowest BCUT2D eigenvalue weighted by atomic mass is 9.98. The molecule has 0 fully saturated rings. The van der Waals surface area contributed by atoms with E-state index < -0.39 is 5.97 Å². The van der Waals surface area contributed by atoms with E-state index in [9.17, 15) is 19.5 Å². The minimum atomic E-state index is -1.08. The molecule has 0 amide bonds. The lowest BCUT2D eigenvalue weighted by Crippen LogP contribution is -2.09. The zero-order chi connectivity index (χ0) is 28.3. The molecule has 0 atom stereocenters. The fourth-order valence-electron chi connectivity index (χ4n) is 4.51. The molecule has 2 aromatic rings. The predicted molar refractivity (Wildman–Crippen MR) is 155 cm³/mol. The summed E-state index contributed by atoms with van der Waals surface area (Å²) in [7, 11) is 0. The molecule has 39 heavy (non-hydrogen) atoms. The van der Waals surface area contributed by atoms with Gasteiger partial charge in [-0.05, 0) is 54.3 Å². The smallest absolute Gasteiger partial charge is 0.338 e. The van der Waals surface area contributed by atoms with E-state index in [1.807, 2.05) is 0 Å². The first-order valence-corrected chi connectivity index (χ1v) is 14.8. The molecular weight excluding hydrogens is 492 g/mol. The number of esters is 2. The van der Waals surface area contributed by atoms with Crippen molar-refractivity contribution >= 4 is 17.9 Å². The van der Waals surface area contributed by atoms with Gasteiger partial charge in [0.1, 0.15) is 5.75 Å². The fraction of sp³-hybridized carbons (Fsp3) is 0.545. The van der Waals surface area contributed by atoms with Gasteiger partial charge in [0, 0.05) is 6.42 Å². The van der Waals surface area contributed by atoms with Crippen LogP contribution in [0.4, 0.5) is 0 Å². The molecule has 2 aromatic carbocycles. The maximum Gasteiger partial charge on any atom is 0.338 e. The van der Waals surface area contributed by atoms with E-state index in [4.69, 9.17) is 9.47 Å². The molecule has 0 unspecified atom stereocenters. The molecule has 0 spiro atoms. The van der Waals surface area contributed by atoms with Gasteiger partial charge in [0.15, 0.2) is 0 Å². The Labute approximate surface area is 234 Å². The second kappa shape index (κ2) is 19.0. The van der Waals surface area contributed by atoms with Gasteiger partial charge in [-0.25, -0.2) is 9.59 Å². The number of rotatable bonds is 20. The highest BCUT2D eigenvalue weighted by molar-refractivity contribution is 5.97. The van der Waals surface area contributed by atoms with E-state index in [1.165, 1.54) is 63.5 Å². The topological polar surface area (TPSA) is 89.9 Å². The average molecular weight is 539 g/mol. The van der Waals surface area contributed by atoms with Gasteiger partial charge < -0.3 is 14.6 Å². The zero-order valence-electron chi connectivity index (χ0n) is 23.8. The summed E-state index contributed by atoms with van der Waals surface area (Å²) in [4.78, 5) is 36.6. The number of hydrogen-bond donors (Lipinski definition) is 1. The van der Waals surface area contributed by atoms with Gasteiger partial charge in [-0.15, -0.1) is 0 Å². The van der Waals surface area contributed by atoms with E-state index in [1.54, 1.807) is 30.3 Å². The van der Waals surface area contributed by atoms with E-state index in [0.717, 1.165) is 38.5 Å². The molecule has 0 aromatic heterocycles. The highest BCUT2D eigenvalue weighted by Crippen LogP contribution is 2.29. The average Bonchev–Trinajstić information content (AvgIpc) is 2.93. The van der Waals surface area contributed by atoms with Crippen molar-refractivity contribution in [2.45, 2.75) is 110 Å². The maximum absolute atomic E-state index is 12.4. The Morgan fingerprint density at radius 2 is 1.26 bits per heavy atom. The molecule has 214 valence electrons. The molecule has 0 saturated carbocycles. The molecule has 6 heteroatoms. The van der Waals surface area contributed by atoms with Gasteiger partial charge in [-0.1, -0.05) is 103 Å². The van der Waals surface area contributed by atoms with Crippen LogP contribution in [0.15, 0.2) is 42.5 Å². The number of benzene rings is 2. The van der Waals surface area contributed by atoms with E-state index in [0.29, 0.717) is 35.5 Å². The van der Waals surface area contributed by atoms with Gasteiger partial charge in [-0.3, -0.25) is 4.79 Å². The third-order valence-electron chi connectivity index (χ3n) is 6.85. The Morgan fingerprint density at radius 1 is 0.692 bits per heavy atom. The van der Waals surface area contributed by atoms with Crippen molar-refractivity contribution in [3.8, 4) is 16.9 Å². The number of aromatic carboxylic acids is 1. The molecular formula is C33H46O6. The summed E-state index contributed by atoms with van der Waals surface area (Å²) in [5.74, 6) is -1.49. The molecule has 6 nitrogen and oxygen atoms in total. The molecule has 0 radical (unpaired) electrons. The Bertz CT molecular complexity index is 1010. The fourth-order valence-corrected chi connectivity index (χ4v) is 4.51. The van der Waals surface area contributed by atoms with Crippen molar-refractivity contribution in [3.63, 3.8) is 0 Å². The summed E-state index contributed by atoms with van der Waals surface area (Å²) < 4.78 is 10.9. The molecule has 2 rings (SSSR count). The van der Waals surface area contributed by atoms with Crippen LogP contribution in [-0.4, -0.2) is 29.6 Å². The lowest BCUT2D eigenvalue weighted by molar-refractivity contribution is -0.134. The van der Waals surface area contributed by atoms with Crippen LogP contribution >= 0.6 is 0 Å². The standard InChI is InChI=1S/C33H46O6/c1-3-5-7-9-11-13-15-17-31(34)39-28-22-23-29(32(35)36)30(25-28)26-18-20-27(21-19-26)33(37)38-24-16-14-12-10-8-6-4-2/h18-23,25H,3-17,24H2,1-2H3,(H,35,36). The summed E-state index contributed by atoms with van der Waals surface area (Å²) in [5, 5.41) is 9.68. The third kappa shape index (κ3) is 12.5. The van der Waals surface area contributed by atoms with Crippen molar-refractivity contribution in [1.82, 2.24) is 0 Å². The predicted octanol–water partition coefficient (Wildman–Crippen LogP) is 9.01. The molecule has 0 saturated heterocycles. The number of carboxylic acid groups (broad SMARTS) is 1. The van der Waals surface area contributed by atoms with Gasteiger partial charge in [0.2, 0.25) is 0 Å².